The van der Waals surface area contributed by atoms with Crippen molar-refractivity contribution in [3.05, 3.63) is 46.5 Å². The fraction of sp³-hybridized carbons (Fsp3) is 0.133. The lowest BCUT2D eigenvalue weighted by atomic mass is 10.0. The van der Waals surface area contributed by atoms with Crippen LogP contribution in [0.4, 0.5) is 5.69 Å². The molecule has 2 aromatic carbocycles. The number of amides is 1. The number of benzene rings is 2. The van der Waals surface area contributed by atoms with Gasteiger partial charge in [0.05, 0.1) is 18.4 Å². The van der Waals surface area contributed by atoms with Crippen molar-refractivity contribution in [2.24, 2.45) is 0 Å². The van der Waals surface area contributed by atoms with Gasteiger partial charge in [-0.05, 0) is 30.3 Å². The van der Waals surface area contributed by atoms with Crippen LogP contribution in [-0.4, -0.2) is 23.2 Å². The van der Waals surface area contributed by atoms with Crippen LogP contribution < -0.4 is 15.4 Å². The third-order valence-corrected chi connectivity index (χ3v) is 3.67. The van der Waals surface area contributed by atoms with Gasteiger partial charge in [0.1, 0.15) is 6.17 Å². The molecule has 7 heteroatoms. The summed E-state index contributed by atoms with van der Waals surface area (Å²) in [5.74, 6) is -0.830. The highest BCUT2D eigenvalue weighted by Crippen LogP contribution is 2.39. The average Bonchev–Trinajstić information content (AvgIpc) is 2.49. The Morgan fingerprint density at radius 1 is 1.18 bits per heavy atom. The molecule has 0 bridgehead atoms. The molecule has 114 valence electrons. The van der Waals surface area contributed by atoms with E-state index in [4.69, 9.17) is 16.3 Å². The Morgan fingerprint density at radius 2 is 1.95 bits per heavy atom. The molecule has 0 unspecified atom stereocenters. The summed E-state index contributed by atoms with van der Waals surface area (Å²) in [5, 5.41) is 25.8. The SMILES string of the molecule is COc1cc([C@H]2NC(=O)c3ccc(Cl)cc3N2)cc(O)c1O. The number of nitrogens with one attached hydrogen (secondary N) is 2. The van der Waals surface area contributed by atoms with Crippen molar-refractivity contribution in [2.45, 2.75) is 6.17 Å². The first-order valence-corrected chi connectivity index (χ1v) is 6.84. The number of phenols is 2. The molecule has 0 aromatic heterocycles. The molecule has 1 aliphatic rings. The van der Waals surface area contributed by atoms with Crippen LogP contribution in [0.2, 0.25) is 5.02 Å². The maximum atomic E-state index is 12.1. The predicted octanol–water partition coefficient (Wildman–Crippen LogP) is 2.61. The third-order valence-electron chi connectivity index (χ3n) is 3.43. The monoisotopic (exact) mass is 320 g/mol. The Morgan fingerprint density at radius 3 is 2.68 bits per heavy atom. The number of halogens is 1. The van der Waals surface area contributed by atoms with Gasteiger partial charge in [-0.25, -0.2) is 0 Å². The Balaban J connectivity index is 2.01. The highest BCUT2D eigenvalue weighted by Gasteiger charge is 2.26. The van der Waals surface area contributed by atoms with Crippen LogP contribution in [0.25, 0.3) is 0 Å². The molecular formula is C15H13ClN2O4. The molecule has 1 atom stereocenters. The molecule has 0 saturated carbocycles. The summed E-state index contributed by atoms with van der Waals surface area (Å²) >= 11 is 5.95. The first-order chi connectivity index (χ1) is 10.5. The zero-order valence-corrected chi connectivity index (χ0v) is 12.3. The predicted molar refractivity (Wildman–Crippen MR) is 81.6 cm³/mol. The van der Waals surface area contributed by atoms with Crippen molar-refractivity contribution >= 4 is 23.2 Å². The second-order valence-electron chi connectivity index (χ2n) is 4.83. The summed E-state index contributed by atoms with van der Waals surface area (Å²) < 4.78 is 5.00. The van der Waals surface area contributed by atoms with Crippen LogP contribution in [0.15, 0.2) is 30.3 Å². The van der Waals surface area contributed by atoms with E-state index in [1.54, 1.807) is 18.2 Å². The lowest BCUT2D eigenvalue weighted by Gasteiger charge is -2.28. The van der Waals surface area contributed by atoms with Crippen molar-refractivity contribution in [1.29, 1.82) is 0 Å². The Bertz CT molecular complexity index is 763. The first kappa shape index (κ1) is 14.3. The van der Waals surface area contributed by atoms with Gasteiger partial charge >= 0.3 is 0 Å². The largest absolute Gasteiger partial charge is 0.504 e. The highest BCUT2D eigenvalue weighted by atomic mass is 35.5. The van der Waals surface area contributed by atoms with E-state index in [0.29, 0.717) is 21.8 Å². The molecule has 1 amide bonds. The normalized spacial score (nSPS) is 16.5. The van der Waals surface area contributed by atoms with E-state index in [0.717, 1.165) is 0 Å². The number of hydrogen-bond donors (Lipinski definition) is 4. The average molecular weight is 321 g/mol. The molecule has 4 N–H and O–H groups in total. The van der Waals surface area contributed by atoms with Crippen molar-refractivity contribution in [3.8, 4) is 17.2 Å². The zero-order valence-electron chi connectivity index (χ0n) is 11.6. The van der Waals surface area contributed by atoms with Crippen molar-refractivity contribution in [1.82, 2.24) is 5.32 Å². The lowest BCUT2D eigenvalue weighted by Crippen LogP contribution is -2.38. The number of phenolic OH excluding ortho intramolecular Hbond substituents is 2. The van der Waals surface area contributed by atoms with Crippen LogP contribution in [0, 0.1) is 0 Å². The fourth-order valence-corrected chi connectivity index (χ4v) is 2.51. The Kier molecular flexibility index (Phi) is 3.46. The van der Waals surface area contributed by atoms with E-state index in [1.807, 2.05) is 0 Å². The van der Waals surface area contributed by atoms with Crippen molar-refractivity contribution in [2.75, 3.05) is 12.4 Å². The standard InChI is InChI=1S/C15H13ClN2O4/c1-22-12-5-7(4-11(19)13(12)20)14-17-10-6-8(16)2-3-9(10)15(21)18-14/h2-6,14,17,19-20H,1H3,(H,18,21)/t14-/m1/s1. The molecule has 0 saturated heterocycles. The molecule has 0 aliphatic carbocycles. The van der Waals surface area contributed by atoms with Crippen molar-refractivity contribution < 1.29 is 19.7 Å². The number of carbonyl (C=O) groups is 1. The number of fused-ring (bicyclic) bond motifs is 1. The number of rotatable bonds is 2. The summed E-state index contributed by atoms with van der Waals surface area (Å²) in [6, 6.07) is 7.80. The third kappa shape index (κ3) is 2.37. The number of aromatic hydroxyl groups is 2. The van der Waals surface area contributed by atoms with Gasteiger partial charge in [0.2, 0.25) is 5.75 Å². The molecule has 6 nitrogen and oxygen atoms in total. The first-order valence-electron chi connectivity index (χ1n) is 6.46. The molecule has 1 heterocycles. The number of hydrogen-bond acceptors (Lipinski definition) is 5. The molecule has 1 aliphatic heterocycles. The summed E-state index contributed by atoms with van der Waals surface area (Å²) in [5.41, 5.74) is 1.61. The topological polar surface area (TPSA) is 90.8 Å². The lowest BCUT2D eigenvalue weighted by molar-refractivity contribution is 0.0935. The Labute approximate surface area is 131 Å². The highest BCUT2D eigenvalue weighted by molar-refractivity contribution is 6.31. The van der Waals surface area contributed by atoms with Gasteiger partial charge in [-0.3, -0.25) is 4.79 Å². The number of anilines is 1. The molecule has 22 heavy (non-hydrogen) atoms. The van der Waals surface area contributed by atoms with Crippen molar-refractivity contribution in [3.63, 3.8) is 0 Å². The van der Waals surface area contributed by atoms with Gasteiger partial charge in [0, 0.05) is 10.6 Å². The number of ether oxygens (including phenoxy) is 1. The summed E-state index contributed by atoms with van der Waals surface area (Å²) in [7, 11) is 1.38. The van der Waals surface area contributed by atoms with Crippen LogP contribution in [0.5, 0.6) is 17.2 Å². The van der Waals surface area contributed by atoms with Crippen LogP contribution in [0.3, 0.4) is 0 Å². The van der Waals surface area contributed by atoms with Gasteiger partial charge < -0.3 is 25.6 Å². The van der Waals surface area contributed by atoms with E-state index < -0.39 is 6.17 Å². The molecule has 3 rings (SSSR count). The minimum atomic E-state index is -0.584. The van der Waals surface area contributed by atoms with E-state index in [-0.39, 0.29) is 23.2 Å². The summed E-state index contributed by atoms with van der Waals surface area (Å²) in [6.07, 6.45) is -0.584. The minimum Gasteiger partial charge on any atom is -0.504 e. The smallest absolute Gasteiger partial charge is 0.255 e. The fourth-order valence-electron chi connectivity index (χ4n) is 2.34. The van der Waals surface area contributed by atoms with Gasteiger partial charge in [-0.2, -0.15) is 0 Å². The van der Waals surface area contributed by atoms with E-state index in [1.165, 1.54) is 19.2 Å². The van der Waals surface area contributed by atoms with Crippen LogP contribution >= 0.6 is 11.6 Å². The Hall–Kier alpha value is -2.60. The minimum absolute atomic E-state index is 0.114. The second-order valence-corrected chi connectivity index (χ2v) is 5.27. The zero-order chi connectivity index (χ0) is 15.9. The molecule has 2 aromatic rings. The van der Waals surface area contributed by atoms with Crippen LogP contribution in [0.1, 0.15) is 22.1 Å². The summed E-state index contributed by atoms with van der Waals surface area (Å²) in [6.45, 7) is 0. The maximum Gasteiger partial charge on any atom is 0.255 e. The van der Waals surface area contributed by atoms with Crippen LogP contribution in [-0.2, 0) is 0 Å². The van der Waals surface area contributed by atoms with Gasteiger partial charge in [0.15, 0.2) is 11.5 Å². The quantitative estimate of drug-likeness (QED) is 0.639. The maximum absolute atomic E-state index is 12.1. The number of carbonyl (C=O) groups excluding carboxylic acids is 1. The molecule has 0 spiro atoms. The molecular weight excluding hydrogens is 308 g/mol. The van der Waals surface area contributed by atoms with Gasteiger partial charge in [0.25, 0.3) is 5.91 Å². The van der Waals surface area contributed by atoms with Gasteiger partial charge in [-0.1, -0.05) is 11.6 Å². The molecule has 0 radical (unpaired) electrons. The summed E-state index contributed by atoms with van der Waals surface area (Å²) in [4.78, 5) is 12.1. The van der Waals surface area contributed by atoms with E-state index >= 15 is 0 Å². The number of methoxy groups -OCH3 is 1. The molecule has 0 fully saturated rings. The van der Waals surface area contributed by atoms with Gasteiger partial charge in [-0.15, -0.1) is 0 Å². The second kappa shape index (κ2) is 5.31. The van der Waals surface area contributed by atoms with E-state index in [9.17, 15) is 15.0 Å². The van der Waals surface area contributed by atoms with E-state index in [2.05, 4.69) is 10.6 Å².